The molecule has 20 heteroatoms. The van der Waals surface area contributed by atoms with Crippen molar-refractivity contribution in [1.29, 1.82) is 0 Å². The van der Waals surface area contributed by atoms with E-state index in [0.717, 1.165) is 10.9 Å². The van der Waals surface area contributed by atoms with E-state index >= 15 is 14.4 Å². The largest absolute Gasteiger partial charge is 0.490 e. The van der Waals surface area contributed by atoms with Crippen LogP contribution in [0.5, 0.6) is 5.75 Å². The molecule has 2 bridgehead atoms. The average Bonchev–Trinajstić information content (AvgIpc) is 4.19. The van der Waals surface area contributed by atoms with Crippen LogP contribution in [0.25, 0.3) is 10.9 Å². The van der Waals surface area contributed by atoms with Crippen LogP contribution in [-0.2, 0) is 61.4 Å². The number of hydrogen-bond acceptors (Lipinski definition) is 12. The lowest BCUT2D eigenvalue weighted by Gasteiger charge is -2.48. The van der Waals surface area contributed by atoms with E-state index in [4.69, 9.17) is 14.2 Å². The number of ketones is 1. The van der Waals surface area contributed by atoms with Crippen LogP contribution in [0.1, 0.15) is 106 Å². The molecular formula is C57H80N8O12. The molecule has 0 saturated carbocycles. The number of aromatic nitrogens is 1. The first-order chi connectivity index (χ1) is 36.3. The molecule has 1 aromatic heterocycles. The maximum Gasteiger partial charge on any atom is 0.311 e. The Morgan fingerprint density at radius 2 is 1.44 bits per heavy atom. The number of amides is 6. The van der Waals surface area contributed by atoms with Crippen molar-refractivity contribution >= 4 is 57.8 Å². The van der Waals surface area contributed by atoms with Gasteiger partial charge in [0.05, 0.1) is 30.2 Å². The molecule has 3 aliphatic rings. The number of nitrogens with zero attached hydrogens (tertiary/aromatic N) is 5. The van der Waals surface area contributed by atoms with Gasteiger partial charge in [0.15, 0.2) is 11.5 Å². The molecule has 6 amide bonds. The van der Waals surface area contributed by atoms with Gasteiger partial charge in [-0.25, -0.2) is 0 Å². The van der Waals surface area contributed by atoms with E-state index in [1.807, 2.05) is 65.1 Å². The highest BCUT2D eigenvalue weighted by molar-refractivity contribution is 5.99. The summed E-state index contributed by atoms with van der Waals surface area (Å²) >= 11 is 0. The van der Waals surface area contributed by atoms with Crippen LogP contribution in [0.4, 0.5) is 5.69 Å². The molecule has 3 aromatic rings. The van der Waals surface area contributed by atoms with Gasteiger partial charge in [0.25, 0.3) is 0 Å². The van der Waals surface area contributed by atoms with Crippen molar-refractivity contribution in [2.45, 2.75) is 161 Å². The summed E-state index contributed by atoms with van der Waals surface area (Å²) < 4.78 is 19.1. The molecule has 1 unspecified atom stereocenters. The molecule has 3 aliphatic heterocycles. The number of likely N-dealkylation sites (N-methyl/N-ethyl adjacent to an activating group) is 2. The summed E-state index contributed by atoms with van der Waals surface area (Å²) in [4.78, 5) is 120. The van der Waals surface area contributed by atoms with E-state index in [1.165, 1.54) is 55.1 Å². The van der Waals surface area contributed by atoms with Crippen LogP contribution in [0.15, 0.2) is 60.8 Å². The molecule has 10 atom stereocenters. The minimum absolute atomic E-state index is 0.00899. The minimum atomic E-state index is -1.36. The molecule has 4 heterocycles. The fourth-order valence-electron chi connectivity index (χ4n) is 11.0. The summed E-state index contributed by atoms with van der Waals surface area (Å²) in [5.74, 6) is -6.16. The van der Waals surface area contributed by atoms with Gasteiger partial charge in [-0.3, -0.25) is 43.7 Å². The average molecular weight is 1070 g/mol. The SMILES string of the molecule is C/C=C/C[C@@H]1NC(=O)[C@H](CC(C)C)N2C(=O)[C@H](CC(C)[C@H]2OC)N(C)C(=O)[C@H](C)CC(=O)[C@H](Cc2ccc(OC)c([N+](=O)[O-])c2)NC(=O)[C@H](CC(C)C)N(C)C(=O)[C@H](Cc2cn(C(C)(C)[C@H]3CO3)c3ccccc23)NC1=O. The maximum atomic E-state index is 15.5. The number of piperidine rings is 1. The smallest absolute Gasteiger partial charge is 0.311 e. The number of carbonyl (C=O) groups is 7. The highest BCUT2D eigenvalue weighted by Gasteiger charge is 2.49. The number of nitrogens with one attached hydrogen (secondary N) is 3. The molecule has 2 aromatic carbocycles. The fourth-order valence-corrected chi connectivity index (χ4v) is 11.0. The van der Waals surface area contributed by atoms with Gasteiger partial charge < -0.3 is 49.4 Å². The quantitative estimate of drug-likeness (QED) is 0.0744. The van der Waals surface area contributed by atoms with Gasteiger partial charge >= 0.3 is 5.69 Å². The van der Waals surface area contributed by atoms with Crippen LogP contribution in [0.2, 0.25) is 0 Å². The number of ether oxygens (including phenoxy) is 3. The van der Waals surface area contributed by atoms with Gasteiger partial charge in [-0.05, 0) is 88.0 Å². The van der Waals surface area contributed by atoms with Gasteiger partial charge in [0.2, 0.25) is 35.4 Å². The Labute approximate surface area is 452 Å². The Hall–Kier alpha value is -6.67. The van der Waals surface area contributed by atoms with Gasteiger partial charge in [0.1, 0.15) is 42.5 Å². The molecular weight excluding hydrogens is 989 g/mol. The second kappa shape index (κ2) is 25.2. The second-order valence-corrected chi connectivity index (χ2v) is 22.5. The molecule has 0 aliphatic carbocycles. The topological polar surface area (TPSA) is 244 Å². The molecule has 20 nitrogen and oxygen atoms in total. The summed E-state index contributed by atoms with van der Waals surface area (Å²) in [7, 11) is 5.68. The molecule has 77 heavy (non-hydrogen) atoms. The van der Waals surface area contributed by atoms with Crippen molar-refractivity contribution in [3.05, 3.63) is 82.1 Å². The molecule has 3 fully saturated rings. The van der Waals surface area contributed by atoms with Crippen molar-refractivity contribution in [2.75, 3.05) is 34.9 Å². The van der Waals surface area contributed by atoms with E-state index < -0.39 is 112 Å². The monoisotopic (exact) mass is 1070 g/mol. The van der Waals surface area contributed by atoms with Crippen molar-refractivity contribution < 1.29 is 52.7 Å². The zero-order valence-corrected chi connectivity index (χ0v) is 47.0. The Bertz CT molecular complexity index is 2710. The highest BCUT2D eigenvalue weighted by Crippen LogP contribution is 2.37. The third-order valence-electron chi connectivity index (χ3n) is 15.4. The molecule has 420 valence electrons. The van der Waals surface area contributed by atoms with Crippen molar-refractivity contribution in [3.8, 4) is 5.75 Å². The molecule has 3 saturated heterocycles. The van der Waals surface area contributed by atoms with Gasteiger partial charge in [-0.2, -0.15) is 0 Å². The van der Waals surface area contributed by atoms with Crippen LogP contribution in [0.3, 0.4) is 0 Å². The third kappa shape index (κ3) is 13.5. The number of para-hydroxylation sites is 1. The zero-order valence-electron chi connectivity index (χ0n) is 47.0. The van der Waals surface area contributed by atoms with Gasteiger partial charge in [-0.1, -0.05) is 78.0 Å². The van der Waals surface area contributed by atoms with Gasteiger partial charge in [-0.15, -0.1) is 0 Å². The van der Waals surface area contributed by atoms with Crippen LogP contribution in [-0.4, -0.2) is 149 Å². The van der Waals surface area contributed by atoms with E-state index in [-0.39, 0.29) is 67.9 Å². The summed E-state index contributed by atoms with van der Waals surface area (Å²) in [5, 5.41) is 21.8. The number of allylic oxidation sites excluding steroid dienone is 1. The van der Waals surface area contributed by atoms with Crippen molar-refractivity contribution in [3.63, 3.8) is 0 Å². The maximum absolute atomic E-state index is 15.5. The van der Waals surface area contributed by atoms with Gasteiger partial charge in [0, 0.05) is 69.0 Å². The van der Waals surface area contributed by atoms with Crippen LogP contribution < -0.4 is 20.7 Å². The summed E-state index contributed by atoms with van der Waals surface area (Å²) in [6.07, 6.45) is 4.21. The number of epoxide rings is 1. The second-order valence-electron chi connectivity index (χ2n) is 22.5. The lowest BCUT2D eigenvalue weighted by atomic mass is 9.88. The third-order valence-corrected chi connectivity index (χ3v) is 15.4. The first kappa shape index (κ1) is 59.6. The number of methoxy groups -OCH3 is 2. The number of rotatable bonds is 15. The fraction of sp³-hybridized carbons (Fsp3) is 0.596. The first-order valence-electron chi connectivity index (χ1n) is 26.8. The van der Waals surface area contributed by atoms with E-state index in [2.05, 4.69) is 34.4 Å². The summed E-state index contributed by atoms with van der Waals surface area (Å²) in [6.45, 7) is 17.4. The van der Waals surface area contributed by atoms with Crippen LogP contribution >= 0.6 is 0 Å². The molecule has 0 spiro atoms. The Morgan fingerprint density at radius 3 is 2.05 bits per heavy atom. The highest BCUT2D eigenvalue weighted by atomic mass is 16.6. The number of hydrogen-bond donors (Lipinski definition) is 3. The first-order valence-corrected chi connectivity index (χ1v) is 26.8. The van der Waals surface area contributed by atoms with Crippen molar-refractivity contribution in [2.24, 2.45) is 23.7 Å². The normalized spacial score (nSPS) is 26.8. The zero-order chi connectivity index (χ0) is 56.8. The Kier molecular flexibility index (Phi) is 19.5. The minimum Gasteiger partial charge on any atom is -0.490 e. The lowest BCUT2D eigenvalue weighted by molar-refractivity contribution is -0.385. The number of fused-ring (bicyclic) bond motifs is 3. The van der Waals surface area contributed by atoms with E-state index in [9.17, 15) is 29.3 Å². The number of nitro benzene ring substituents is 1. The van der Waals surface area contributed by atoms with E-state index in [0.29, 0.717) is 17.7 Å². The predicted molar refractivity (Wildman–Crippen MR) is 289 cm³/mol. The number of carbonyl (C=O) groups excluding carboxylic acids is 7. The predicted octanol–water partition coefficient (Wildman–Crippen LogP) is 5.46. The number of nitro groups is 1. The molecule has 0 radical (unpaired) electrons. The summed E-state index contributed by atoms with van der Waals surface area (Å²) in [5.41, 5.74) is 1.04. The summed E-state index contributed by atoms with van der Waals surface area (Å²) in [6, 6.07) is 4.50. The Balaban J connectivity index is 1.52. The number of Topliss-reactive ketones (excluding diaryl/α,β-unsaturated/α-hetero) is 1. The Morgan fingerprint density at radius 1 is 0.818 bits per heavy atom. The van der Waals surface area contributed by atoms with Crippen LogP contribution in [0, 0.1) is 33.8 Å². The number of benzene rings is 2. The molecule has 6 rings (SSSR count). The lowest BCUT2D eigenvalue weighted by Crippen LogP contribution is -2.66. The van der Waals surface area contributed by atoms with Crippen molar-refractivity contribution in [1.82, 2.24) is 35.2 Å². The van der Waals surface area contributed by atoms with E-state index in [1.54, 1.807) is 32.1 Å². The standard InChI is InChI=1S/C57H80N8O12/c1-14-15-19-39-50(67)60-41(29-37-30-63(57(8,9)49-31-77-49)42-20-17-16-18-38(37)42)54(71)61(10)44(23-32(2)3)51(68)59-40(27-36-21-22-48(75-12)43(28-36)65(73)74)47(66)26-34(6)53(70)62(11)46-25-35(7)56(76-13)64(55(46)72)45(24-33(4)5)52(69)58-39/h14-18,20-22,28,30,32-35,39-41,44-46,49,56H,19,23-27,29,31H2,1-13H3,(H,58,69)(H,59,68)(H,60,67)/b15-14+/t34-,35?,39+,40+,41+,44+,45+,46+,49-,56-/m1/s1. The molecule has 3 N–H and O–H groups in total.